The van der Waals surface area contributed by atoms with E-state index < -0.39 is 11.7 Å². The van der Waals surface area contributed by atoms with E-state index in [0.717, 1.165) is 12.8 Å². The highest BCUT2D eigenvalue weighted by molar-refractivity contribution is 6.33. The standard InChI is InChI=1S/C24H29ClFN5O4/c1-13-9-19(17(25)10-18(13)26)30-23(33)14-4-6-15(7-5-14)31(11-16-3-2-8-35-16)24(34)21-20(22(27)32)28-12-29-21/h9-10,12,14-16H,2-8,11H2,1H3,(H2,27,32)(H,28,29)(H,30,33). The van der Waals surface area contributed by atoms with Crippen molar-refractivity contribution < 1.29 is 23.5 Å². The molecule has 1 unspecified atom stereocenters. The highest BCUT2D eigenvalue weighted by Gasteiger charge is 2.36. The number of aryl methyl sites for hydroxylation is 1. The summed E-state index contributed by atoms with van der Waals surface area (Å²) in [5.74, 6) is -2.00. The average Bonchev–Trinajstić information content (AvgIpc) is 3.53. The molecule has 4 N–H and O–H groups in total. The normalized spacial score (nSPS) is 22.1. The number of amides is 3. The molecule has 1 saturated heterocycles. The number of nitrogens with one attached hydrogen (secondary N) is 2. The topological polar surface area (TPSA) is 130 Å². The van der Waals surface area contributed by atoms with Gasteiger partial charge < -0.3 is 25.7 Å². The van der Waals surface area contributed by atoms with Crippen LogP contribution in [0, 0.1) is 18.7 Å². The van der Waals surface area contributed by atoms with Crippen molar-refractivity contribution in [2.75, 3.05) is 18.5 Å². The molecule has 1 saturated carbocycles. The molecular weight excluding hydrogens is 477 g/mol. The number of nitrogens with zero attached hydrogens (tertiary/aromatic N) is 2. The number of aromatic nitrogens is 2. The van der Waals surface area contributed by atoms with Crippen LogP contribution in [0.3, 0.4) is 0 Å². The SMILES string of the molecule is Cc1cc(NC(=O)C2CCC(N(CC3CCCO3)C(=O)c3[nH]cnc3C(N)=O)CC2)c(Cl)cc1F. The van der Waals surface area contributed by atoms with Crippen LogP contribution in [-0.2, 0) is 9.53 Å². The summed E-state index contributed by atoms with van der Waals surface area (Å²) in [7, 11) is 0. The number of aromatic amines is 1. The van der Waals surface area contributed by atoms with Crippen LogP contribution in [0.5, 0.6) is 0 Å². The van der Waals surface area contributed by atoms with Gasteiger partial charge in [-0.15, -0.1) is 0 Å². The van der Waals surface area contributed by atoms with Gasteiger partial charge in [0.05, 0.1) is 23.1 Å². The van der Waals surface area contributed by atoms with Crippen LogP contribution in [0.25, 0.3) is 0 Å². The second-order valence-corrected chi connectivity index (χ2v) is 9.57. The van der Waals surface area contributed by atoms with E-state index in [2.05, 4.69) is 15.3 Å². The summed E-state index contributed by atoms with van der Waals surface area (Å²) < 4.78 is 19.4. The van der Waals surface area contributed by atoms with Crippen LogP contribution in [-0.4, -0.2) is 57.9 Å². The molecule has 2 aromatic rings. The van der Waals surface area contributed by atoms with Gasteiger partial charge in [0.1, 0.15) is 11.5 Å². The van der Waals surface area contributed by atoms with Gasteiger partial charge in [0.15, 0.2) is 5.69 Å². The molecule has 1 aliphatic carbocycles. The van der Waals surface area contributed by atoms with Gasteiger partial charge in [-0.05, 0) is 63.1 Å². The van der Waals surface area contributed by atoms with Gasteiger partial charge in [-0.3, -0.25) is 14.4 Å². The molecular formula is C24H29ClFN5O4. The number of benzene rings is 1. The number of nitrogens with two attached hydrogens (primary N) is 1. The van der Waals surface area contributed by atoms with E-state index in [1.807, 2.05) is 0 Å². The highest BCUT2D eigenvalue weighted by Crippen LogP contribution is 2.32. The van der Waals surface area contributed by atoms with E-state index in [9.17, 15) is 18.8 Å². The van der Waals surface area contributed by atoms with Crippen molar-refractivity contribution in [3.63, 3.8) is 0 Å². The Hall–Kier alpha value is -2.98. The third-order valence-electron chi connectivity index (χ3n) is 6.79. The Morgan fingerprint density at radius 2 is 2.00 bits per heavy atom. The number of imidazole rings is 1. The lowest BCUT2D eigenvalue weighted by molar-refractivity contribution is -0.121. The Kier molecular flexibility index (Phi) is 7.71. The zero-order valence-electron chi connectivity index (χ0n) is 19.5. The van der Waals surface area contributed by atoms with E-state index >= 15 is 0 Å². The number of primary amides is 1. The number of hydrogen-bond acceptors (Lipinski definition) is 5. The number of hydrogen-bond donors (Lipinski definition) is 3. The Morgan fingerprint density at radius 3 is 2.66 bits per heavy atom. The van der Waals surface area contributed by atoms with Crippen molar-refractivity contribution in [1.29, 1.82) is 0 Å². The first-order valence-corrected chi connectivity index (χ1v) is 12.1. The Bertz CT molecular complexity index is 1110. The molecule has 1 aliphatic heterocycles. The van der Waals surface area contributed by atoms with Crippen molar-refractivity contribution in [2.24, 2.45) is 11.7 Å². The van der Waals surface area contributed by atoms with Gasteiger partial charge in [0.25, 0.3) is 11.8 Å². The van der Waals surface area contributed by atoms with Gasteiger partial charge in [0, 0.05) is 25.1 Å². The first-order valence-electron chi connectivity index (χ1n) is 11.8. The van der Waals surface area contributed by atoms with E-state index in [1.54, 1.807) is 11.8 Å². The number of ether oxygens (including phenoxy) is 1. The van der Waals surface area contributed by atoms with Gasteiger partial charge in [-0.2, -0.15) is 0 Å². The minimum Gasteiger partial charge on any atom is -0.376 e. The predicted molar refractivity (Wildman–Crippen MR) is 128 cm³/mol. The number of H-pyrrole nitrogens is 1. The molecule has 0 bridgehead atoms. The van der Waals surface area contributed by atoms with Crippen LogP contribution >= 0.6 is 11.6 Å². The fourth-order valence-corrected chi connectivity index (χ4v) is 5.03. The number of carbonyl (C=O) groups is 3. The minimum atomic E-state index is -0.776. The summed E-state index contributed by atoms with van der Waals surface area (Å²) in [6.45, 7) is 2.65. The molecule has 0 radical (unpaired) electrons. The lowest BCUT2D eigenvalue weighted by Crippen LogP contribution is -2.47. The smallest absolute Gasteiger partial charge is 0.273 e. The van der Waals surface area contributed by atoms with Gasteiger partial charge in [-0.25, -0.2) is 9.37 Å². The molecule has 2 fully saturated rings. The Balaban J connectivity index is 1.44. The maximum atomic E-state index is 13.7. The first-order chi connectivity index (χ1) is 16.7. The maximum absolute atomic E-state index is 13.7. The number of anilines is 1. The van der Waals surface area contributed by atoms with Crippen LogP contribution < -0.4 is 11.1 Å². The highest BCUT2D eigenvalue weighted by atomic mass is 35.5. The Morgan fingerprint density at radius 1 is 1.26 bits per heavy atom. The predicted octanol–water partition coefficient (Wildman–Crippen LogP) is 3.43. The molecule has 0 spiro atoms. The maximum Gasteiger partial charge on any atom is 0.273 e. The van der Waals surface area contributed by atoms with E-state index in [1.165, 1.54) is 18.5 Å². The van der Waals surface area contributed by atoms with Crippen molar-refractivity contribution in [3.8, 4) is 0 Å². The zero-order chi connectivity index (χ0) is 25.1. The first kappa shape index (κ1) is 25.1. The molecule has 3 amide bonds. The molecule has 9 nitrogen and oxygen atoms in total. The summed E-state index contributed by atoms with van der Waals surface area (Å²) in [6, 6.07) is 2.58. The molecule has 1 aromatic carbocycles. The third kappa shape index (κ3) is 5.65. The van der Waals surface area contributed by atoms with Crippen molar-refractivity contribution in [1.82, 2.24) is 14.9 Å². The second kappa shape index (κ2) is 10.7. The number of carbonyl (C=O) groups excluding carboxylic acids is 3. The van der Waals surface area contributed by atoms with Crippen molar-refractivity contribution >= 4 is 35.0 Å². The Labute approximate surface area is 207 Å². The fraction of sp³-hybridized carbons (Fsp3) is 0.500. The number of halogens is 2. The quantitative estimate of drug-likeness (QED) is 0.530. The second-order valence-electron chi connectivity index (χ2n) is 9.16. The molecule has 2 aliphatic rings. The third-order valence-corrected chi connectivity index (χ3v) is 7.10. The summed E-state index contributed by atoms with van der Waals surface area (Å²) in [4.78, 5) is 46.4. The largest absolute Gasteiger partial charge is 0.376 e. The summed E-state index contributed by atoms with van der Waals surface area (Å²) in [5.41, 5.74) is 6.14. The zero-order valence-corrected chi connectivity index (χ0v) is 20.2. The average molecular weight is 506 g/mol. The number of rotatable bonds is 7. The molecule has 188 valence electrons. The summed E-state index contributed by atoms with van der Waals surface area (Å²) in [6.07, 6.45) is 5.32. The molecule has 2 heterocycles. The van der Waals surface area contributed by atoms with Crippen molar-refractivity contribution in [2.45, 2.75) is 57.6 Å². The van der Waals surface area contributed by atoms with Gasteiger partial charge in [0.2, 0.25) is 5.91 Å². The van der Waals surface area contributed by atoms with E-state index in [4.69, 9.17) is 22.1 Å². The summed E-state index contributed by atoms with van der Waals surface area (Å²) >= 11 is 6.10. The van der Waals surface area contributed by atoms with Crippen LogP contribution in [0.2, 0.25) is 5.02 Å². The van der Waals surface area contributed by atoms with Crippen LogP contribution in [0.15, 0.2) is 18.5 Å². The summed E-state index contributed by atoms with van der Waals surface area (Å²) in [5, 5.41) is 2.96. The van der Waals surface area contributed by atoms with Gasteiger partial charge >= 0.3 is 0 Å². The van der Waals surface area contributed by atoms with E-state index in [0.29, 0.717) is 50.1 Å². The lowest BCUT2D eigenvalue weighted by atomic mass is 9.84. The monoisotopic (exact) mass is 505 g/mol. The van der Waals surface area contributed by atoms with Crippen LogP contribution in [0.4, 0.5) is 10.1 Å². The fourth-order valence-electron chi connectivity index (χ4n) is 4.83. The minimum absolute atomic E-state index is 0.0664. The molecule has 1 atom stereocenters. The molecule has 4 rings (SSSR count). The molecule has 35 heavy (non-hydrogen) atoms. The van der Waals surface area contributed by atoms with Crippen molar-refractivity contribution in [3.05, 3.63) is 46.3 Å². The molecule has 1 aromatic heterocycles. The lowest BCUT2D eigenvalue weighted by Gasteiger charge is -2.37. The van der Waals surface area contributed by atoms with E-state index in [-0.39, 0.29) is 46.3 Å². The van der Waals surface area contributed by atoms with Crippen LogP contribution in [0.1, 0.15) is 65.1 Å². The molecule has 11 heteroatoms. The van der Waals surface area contributed by atoms with Gasteiger partial charge in [-0.1, -0.05) is 11.6 Å².